The zero-order chi connectivity index (χ0) is 17.6. The summed E-state index contributed by atoms with van der Waals surface area (Å²) in [5.41, 5.74) is 0.467. The summed E-state index contributed by atoms with van der Waals surface area (Å²) in [5, 5.41) is 2.61. The van der Waals surface area contributed by atoms with Crippen LogP contribution in [0.1, 0.15) is 6.92 Å². The number of halogens is 1. The number of hydrogen-bond donors (Lipinski definition) is 2. The van der Waals surface area contributed by atoms with E-state index in [0.717, 1.165) is 4.47 Å². The van der Waals surface area contributed by atoms with Gasteiger partial charge in [0.1, 0.15) is 5.75 Å². The molecule has 0 heterocycles. The SMILES string of the molecule is CCNC(=O)COc1ccc(S(=O)(=O)Nc2ccc(Br)cc2)cc1. The van der Waals surface area contributed by atoms with Gasteiger partial charge in [0, 0.05) is 16.7 Å². The monoisotopic (exact) mass is 412 g/mol. The van der Waals surface area contributed by atoms with E-state index in [9.17, 15) is 13.2 Å². The summed E-state index contributed by atoms with van der Waals surface area (Å²) >= 11 is 3.29. The van der Waals surface area contributed by atoms with Gasteiger partial charge < -0.3 is 10.1 Å². The molecule has 0 bridgehead atoms. The third-order valence-corrected chi connectivity index (χ3v) is 4.90. The van der Waals surface area contributed by atoms with E-state index in [2.05, 4.69) is 26.0 Å². The van der Waals surface area contributed by atoms with Gasteiger partial charge in [-0.05, 0) is 55.5 Å². The Balaban J connectivity index is 2.03. The Hall–Kier alpha value is -2.06. The molecule has 0 unspecified atom stereocenters. The summed E-state index contributed by atoms with van der Waals surface area (Å²) in [5.74, 6) is 0.190. The van der Waals surface area contributed by atoms with Gasteiger partial charge >= 0.3 is 0 Å². The lowest BCUT2D eigenvalue weighted by Crippen LogP contribution is -2.28. The minimum Gasteiger partial charge on any atom is -0.484 e. The lowest BCUT2D eigenvalue weighted by Gasteiger charge is -2.10. The Morgan fingerprint density at radius 3 is 2.29 bits per heavy atom. The van der Waals surface area contributed by atoms with Crippen molar-refractivity contribution in [3.05, 3.63) is 53.0 Å². The molecule has 2 aromatic rings. The van der Waals surface area contributed by atoms with E-state index in [1.807, 2.05) is 6.92 Å². The molecule has 0 aliphatic heterocycles. The van der Waals surface area contributed by atoms with Crippen molar-refractivity contribution in [1.82, 2.24) is 5.32 Å². The quantitative estimate of drug-likeness (QED) is 0.731. The third kappa shape index (κ3) is 5.24. The highest BCUT2D eigenvalue weighted by Gasteiger charge is 2.14. The van der Waals surface area contributed by atoms with Crippen molar-refractivity contribution < 1.29 is 17.9 Å². The molecular weight excluding hydrogens is 396 g/mol. The molecule has 0 atom stereocenters. The smallest absolute Gasteiger partial charge is 0.261 e. The molecule has 0 saturated heterocycles. The number of carbonyl (C=O) groups is 1. The van der Waals surface area contributed by atoms with E-state index in [-0.39, 0.29) is 17.4 Å². The number of rotatable bonds is 7. The Kier molecular flexibility index (Phi) is 6.22. The molecule has 6 nitrogen and oxygen atoms in total. The first-order valence-electron chi connectivity index (χ1n) is 7.18. The molecule has 128 valence electrons. The third-order valence-electron chi connectivity index (χ3n) is 2.97. The number of nitrogens with one attached hydrogen (secondary N) is 2. The fourth-order valence-corrected chi connectivity index (χ4v) is 3.17. The molecule has 0 fully saturated rings. The molecule has 2 rings (SSSR count). The van der Waals surface area contributed by atoms with Crippen molar-refractivity contribution in [2.45, 2.75) is 11.8 Å². The van der Waals surface area contributed by atoms with Crippen LogP contribution in [0.3, 0.4) is 0 Å². The fraction of sp³-hybridized carbons (Fsp3) is 0.188. The first-order chi connectivity index (χ1) is 11.4. The molecule has 0 radical (unpaired) electrons. The lowest BCUT2D eigenvalue weighted by molar-refractivity contribution is -0.122. The second kappa shape index (κ2) is 8.16. The molecule has 2 N–H and O–H groups in total. The number of anilines is 1. The topological polar surface area (TPSA) is 84.5 Å². The van der Waals surface area contributed by atoms with Gasteiger partial charge in [-0.2, -0.15) is 0 Å². The zero-order valence-corrected chi connectivity index (χ0v) is 15.4. The van der Waals surface area contributed by atoms with Gasteiger partial charge in [-0.1, -0.05) is 15.9 Å². The maximum atomic E-state index is 12.3. The highest BCUT2D eigenvalue weighted by molar-refractivity contribution is 9.10. The van der Waals surface area contributed by atoms with E-state index in [1.165, 1.54) is 24.3 Å². The zero-order valence-electron chi connectivity index (χ0n) is 13.0. The van der Waals surface area contributed by atoms with Crippen LogP contribution in [-0.2, 0) is 14.8 Å². The predicted octanol–water partition coefficient (Wildman–Crippen LogP) is 2.76. The maximum absolute atomic E-state index is 12.3. The van der Waals surface area contributed by atoms with Gasteiger partial charge in [0.05, 0.1) is 4.90 Å². The van der Waals surface area contributed by atoms with Crippen LogP contribution in [0.5, 0.6) is 5.75 Å². The van der Waals surface area contributed by atoms with Crippen molar-refractivity contribution in [3.8, 4) is 5.75 Å². The van der Waals surface area contributed by atoms with E-state index in [4.69, 9.17) is 4.74 Å². The fourth-order valence-electron chi connectivity index (χ4n) is 1.84. The number of carbonyl (C=O) groups excluding carboxylic acids is 1. The number of benzene rings is 2. The van der Waals surface area contributed by atoms with E-state index >= 15 is 0 Å². The first-order valence-corrected chi connectivity index (χ1v) is 9.46. The minimum absolute atomic E-state index is 0.107. The summed E-state index contributed by atoms with van der Waals surface area (Å²) in [7, 11) is -3.68. The molecule has 8 heteroatoms. The summed E-state index contributed by atoms with van der Waals surface area (Å²) in [6.07, 6.45) is 0. The van der Waals surface area contributed by atoms with Crippen LogP contribution in [0.2, 0.25) is 0 Å². The van der Waals surface area contributed by atoms with Crippen LogP contribution in [0.4, 0.5) is 5.69 Å². The summed E-state index contributed by atoms with van der Waals surface area (Å²) in [6, 6.07) is 12.7. The standard InChI is InChI=1S/C16H17BrN2O4S/c1-2-18-16(20)11-23-14-7-9-15(10-8-14)24(21,22)19-13-5-3-12(17)4-6-13/h3-10,19H,2,11H2,1H3,(H,18,20). The van der Waals surface area contributed by atoms with Crippen LogP contribution >= 0.6 is 15.9 Å². The highest BCUT2D eigenvalue weighted by atomic mass is 79.9. The van der Waals surface area contributed by atoms with Crippen molar-refractivity contribution in [2.75, 3.05) is 17.9 Å². The van der Waals surface area contributed by atoms with Crippen LogP contribution < -0.4 is 14.8 Å². The van der Waals surface area contributed by atoms with Gasteiger partial charge in [0.15, 0.2) is 6.61 Å². The minimum atomic E-state index is -3.68. The number of amides is 1. The molecule has 0 aromatic heterocycles. The van der Waals surface area contributed by atoms with Crippen LogP contribution in [0, 0.1) is 0 Å². The van der Waals surface area contributed by atoms with Crippen molar-refractivity contribution >= 4 is 37.5 Å². The Morgan fingerprint density at radius 2 is 1.71 bits per heavy atom. The van der Waals surface area contributed by atoms with Gasteiger partial charge in [0.2, 0.25) is 0 Å². The number of hydrogen-bond acceptors (Lipinski definition) is 4. The summed E-state index contributed by atoms with van der Waals surface area (Å²) in [6.45, 7) is 2.23. The van der Waals surface area contributed by atoms with Crippen LogP contribution in [0.15, 0.2) is 57.9 Å². The molecule has 0 aliphatic rings. The number of sulfonamides is 1. The molecule has 24 heavy (non-hydrogen) atoms. The first kappa shape index (κ1) is 18.3. The average Bonchev–Trinajstić information content (AvgIpc) is 2.56. The predicted molar refractivity (Wildman–Crippen MR) is 95.6 cm³/mol. The Morgan fingerprint density at radius 1 is 1.08 bits per heavy atom. The van der Waals surface area contributed by atoms with Crippen LogP contribution in [0.25, 0.3) is 0 Å². The van der Waals surface area contributed by atoms with E-state index in [0.29, 0.717) is 18.0 Å². The Labute approximate surface area is 149 Å². The highest BCUT2D eigenvalue weighted by Crippen LogP contribution is 2.20. The summed E-state index contributed by atoms with van der Waals surface area (Å²) < 4.78 is 33.3. The molecule has 0 aliphatic carbocycles. The largest absolute Gasteiger partial charge is 0.484 e. The Bertz CT molecular complexity index is 790. The van der Waals surface area contributed by atoms with Crippen LogP contribution in [-0.4, -0.2) is 27.5 Å². The molecule has 2 aromatic carbocycles. The normalized spacial score (nSPS) is 10.9. The lowest BCUT2D eigenvalue weighted by atomic mass is 10.3. The van der Waals surface area contributed by atoms with Gasteiger partial charge in [-0.3, -0.25) is 9.52 Å². The van der Waals surface area contributed by atoms with E-state index in [1.54, 1.807) is 24.3 Å². The second-order valence-electron chi connectivity index (χ2n) is 4.83. The van der Waals surface area contributed by atoms with Gasteiger partial charge in [-0.25, -0.2) is 8.42 Å². The van der Waals surface area contributed by atoms with Gasteiger partial charge in [0.25, 0.3) is 15.9 Å². The summed E-state index contributed by atoms with van der Waals surface area (Å²) in [4.78, 5) is 11.4. The van der Waals surface area contributed by atoms with Crippen molar-refractivity contribution in [2.24, 2.45) is 0 Å². The molecule has 1 amide bonds. The average molecular weight is 413 g/mol. The second-order valence-corrected chi connectivity index (χ2v) is 7.42. The molecular formula is C16H17BrN2O4S. The molecule has 0 saturated carbocycles. The van der Waals surface area contributed by atoms with E-state index < -0.39 is 10.0 Å². The maximum Gasteiger partial charge on any atom is 0.261 e. The van der Waals surface area contributed by atoms with Gasteiger partial charge in [-0.15, -0.1) is 0 Å². The van der Waals surface area contributed by atoms with Crippen molar-refractivity contribution in [1.29, 1.82) is 0 Å². The van der Waals surface area contributed by atoms with Crippen molar-refractivity contribution in [3.63, 3.8) is 0 Å². The number of ether oxygens (including phenoxy) is 1. The number of likely N-dealkylation sites (N-methyl/N-ethyl adjacent to an activating group) is 1. The molecule has 0 spiro atoms.